The van der Waals surface area contributed by atoms with Gasteiger partial charge >= 0.3 is 0 Å². The van der Waals surface area contributed by atoms with E-state index in [1.54, 1.807) is 0 Å². The molecule has 4 N–H and O–H groups in total. The minimum absolute atomic E-state index is 0.0162. The van der Waals surface area contributed by atoms with Crippen LogP contribution in [0, 0.1) is 4.78 Å². The molecule has 1 heterocycles. The number of imidazole rings is 1. The highest BCUT2D eigenvalue weighted by Gasteiger charge is 2.03. The van der Waals surface area contributed by atoms with Gasteiger partial charge in [-0.2, -0.15) is 0 Å². The van der Waals surface area contributed by atoms with Crippen molar-refractivity contribution in [3.05, 3.63) is 12.4 Å². The molecule has 9 heavy (non-hydrogen) atoms. The third-order valence-corrected chi connectivity index (χ3v) is 1.56. The summed E-state index contributed by atoms with van der Waals surface area (Å²) in [5, 5.41) is 4.92. The van der Waals surface area contributed by atoms with Gasteiger partial charge in [-0.3, -0.25) is 0 Å². The number of aromatic nitrogens is 2. The van der Waals surface area contributed by atoms with Gasteiger partial charge in [-0.1, -0.05) is 0 Å². The number of aromatic amines is 1. The summed E-state index contributed by atoms with van der Waals surface area (Å²) >= 11 is 0. The molecule has 0 radical (unpaired) electrons. The lowest BCUT2D eigenvalue weighted by Gasteiger charge is -1.90. The van der Waals surface area contributed by atoms with Gasteiger partial charge in [0.1, 0.15) is 0 Å². The van der Waals surface area contributed by atoms with Crippen molar-refractivity contribution in [1.82, 2.24) is 9.97 Å². The number of rotatable bonds is 1. The third kappa shape index (κ3) is 1.27. The molecule has 0 aliphatic rings. The standard InChI is InChI=1S/C3H6N4OS/c4-9(5,8)3-6-1-2-7-3/h1-2H,(H,6,7)(H3,4,5,8). The van der Waals surface area contributed by atoms with Gasteiger partial charge < -0.3 is 4.98 Å². The van der Waals surface area contributed by atoms with E-state index in [0.29, 0.717) is 0 Å². The Hall–Kier alpha value is -0.880. The van der Waals surface area contributed by atoms with E-state index in [1.165, 1.54) is 12.4 Å². The number of nitrogens with zero attached hydrogens (tertiary/aromatic N) is 1. The molecule has 1 rings (SSSR count). The smallest absolute Gasteiger partial charge is 0.219 e. The molecule has 5 nitrogen and oxygen atoms in total. The largest absolute Gasteiger partial charge is 0.336 e. The molecule has 0 bridgehead atoms. The van der Waals surface area contributed by atoms with Crippen LogP contribution in [-0.4, -0.2) is 14.2 Å². The van der Waals surface area contributed by atoms with Crippen molar-refractivity contribution < 1.29 is 4.21 Å². The lowest BCUT2D eigenvalue weighted by atomic mass is 11.0. The van der Waals surface area contributed by atoms with Crippen LogP contribution in [-0.2, 0) is 9.92 Å². The number of nitrogens with two attached hydrogens (primary N) is 1. The summed E-state index contributed by atoms with van der Waals surface area (Å²) in [6.45, 7) is 0. The van der Waals surface area contributed by atoms with Gasteiger partial charge in [-0.15, -0.1) is 0 Å². The Morgan fingerprint density at radius 3 is 2.78 bits per heavy atom. The van der Waals surface area contributed by atoms with Gasteiger partial charge in [0.15, 0.2) is 9.92 Å². The second-order valence-corrected chi connectivity index (χ2v) is 3.08. The van der Waals surface area contributed by atoms with E-state index in [9.17, 15) is 4.21 Å². The topological polar surface area (TPSA) is 95.6 Å². The van der Waals surface area contributed by atoms with Gasteiger partial charge in [-0.25, -0.2) is 19.1 Å². The predicted octanol–water partition coefficient (Wildman–Crippen LogP) is -0.311. The fourth-order valence-corrected chi connectivity index (χ4v) is 0.877. The molecule has 6 heteroatoms. The monoisotopic (exact) mass is 146 g/mol. The Morgan fingerprint density at radius 2 is 2.56 bits per heavy atom. The summed E-state index contributed by atoms with van der Waals surface area (Å²) in [6, 6.07) is 0. The average molecular weight is 146 g/mol. The maximum atomic E-state index is 10.6. The fourth-order valence-electron chi connectivity index (χ4n) is 0.417. The zero-order chi connectivity index (χ0) is 6.91. The van der Waals surface area contributed by atoms with Crippen LogP contribution < -0.4 is 5.14 Å². The van der Waals surface area contributed by atoms with E-state index in [4.69, 9.17) is 9.92 Å². The second-order valence-electron chi connectivity index (χ2n) is 1.49. The van der Waals surface area contributed by atoms with Crippen LogP contribution in [0.4, 0.5) is 0 Å². The number of H-pyrrole nitrogens is 1. The minimum Gasteiger partial charge on any atom is -0.336 e. The summed E-state index contributed by atoms with van der Waals surface area (Å²) in [7, 11) is -3.13. The first-order chi connectivity index (χ1) is 4.11. The zero-order valence-corrected chi connectivity index (χ0v) is 5.31. The lowest BCUT2D eigenvalue weighted by molar-refractivity contribution is 0.670. The molecule has 0 saturated heterocycles. The van der Waals surface area contributed by atoms with Crippen molar-refractivity contribution in [2.75, 3.05) is 0 Å². The summed E-state index contributed by atoms with van der Waals surface area (Å²) in [5.74, 6) is 0. The van der Waals surface area contributed by atoms with Gasteiger partial charge in [0, 0.05) is 12.4 Å². The third-order valence-electron chi connectivity index (χ3n) is 0.760. The predicted molar refractivity (Wildman–Crippen MR) is 31.9 cm³/mol. The van der Waals surface area contributed by atoms with Crippen LogP contribution in [0.25, 0.3) is 0 Å². The number of hydrogen-bond donors (Lipinski definition) is 3. The Kier molecular flexibility index (Phi) is 1.26. The van der Waals surface area contributed by atoms with Crippen molar-refractivity contribution in [3.63, 3.8) is 0 Å². The van der Waals surface area contributed by atoms with Crippen molar-refractivity contribution in [1.29, 1.82) is 4.78 Å². The Bertz CT molecular complexity index is 273. The normalized spacial score (nSPS) is 17.0. The van der Waals surface area contributed by atoms with E-state index in [-0.39, 0.29) is 5.16 Å². The highest BCUT2D eigenvalue weighted by molar-refractivity contribution is 7.90. The molecule has 0 saturated carbocycles. The molecule has 0 aliphatic carbocycles. The van der Waals surface area contributed by atoms with E-state index in [1.807, 2.05) is 0 Å². The molecular formula is C3H6N4OS. The highest BCUT2D eigenvalue weighted by atomic mass is 32.2. The van der Waals surface area contributed by atoms with Gasteiger partial charge in [0.05, 0.1) is 0 Å². The molecule has 0 spiro atoms. The molecule has 1 atom stereocenters. The molecule has 1 unspecified atom stereocenters. The molecule has 50 valence electrons. The highest BCUT2D eigenvalue weighted by Crippen LogP contribution is 1.94. The van der Waals surface area contributed by atoms with Gasteiger partial charge in [0.25, 0.3) is 0 Å². The van der Waals surface area contributed by atoms with Crippen molar-refractivity contribution in [3.8, 4) is 0 Å². The van der Waals surface area contributed by atoms with Crippen LogP contribution in [0.3, 0.4) is 0 Å². The summed E-state index contributed by atoms with van der Waals surface area (Å²) in [5.41, 5.74) is 0. The molecule has 0 aliphatic heterocycles. The maximum Gasteiger partial charge on any atom is 0.219 e. The number of hydrogen-bond acceptors (Lipinski definition) is 3. The maximum absolute atomic E-state index is 10.6. The average Bonchev–Trinajstić information content (AvgIpc) is 2.08. The van der Waals surface area contributed by atoms with Gasteiger partial charge in [0.2, 0.25) is 5.16 Å². The Balaban J connectivity index is 3.20. The minimum atomic E-state index is -3.13. The van der Waals surface area contributed by atoms with E-state index in [2.05, 4.69) is 9.97 Å². The molecule has 0 aromatic carbocycles. The van der Waals surface area contributed by atoms with E-state index >= 15 is 0 Å². The Labute approximate surface area is 52.4 Å². The SMILES string of the molecule is N=S(N)(=O)c1ncc[nH]1. The van der Waals surface area contributed by atoms with Crippen LogP contribution in [0.2, 0.25) is 0 Å². The van der Waals surface area contributed by atoms with Crippen LogP contribution in [0.1, 0.15) is 0 Å². The van der Waals surface area contributed by atoms with Crippen molar-refractivity contribution >= 4 is 9.92 Å². The second kappa shape index (κ2) is 1.82. The van der Waals surface area contributed by atoms with E-state index in [0.717, 1.165) is 0 Å². The summed E-state index contributed by atoms with van der Waals surface area (Å²) in [6.07, 6.45) is 2.87. The summed E-state index contributed by atoms with van der Waals surface area (Å²) in [4.78, 5) is 6.02. The van der Waals surface area contributed by atoms with Crippen LogP contribution in [0.15, 0.2) is 17.6 Å². The van der Waals surface area contributed by atoms with Crippen molar-refractivity contribution in [2.24, 2.45) is 5.14 Å². The van der Waals surface area contributed by atoms with E-state index < -0.39 is 9.92 Å². The molecule has 1 aromatic heterocycles. The molecule has 1 aromatic rings. The van der Waals surface area contributed by atoms with Gasteiger partial charge in [-0.05, 0) is 0 Å². The molecular weight excluding hydrogens is 140 g/mol. The van der Waals surface area contributed by atoms with Crippen LogP contribution >= 0.6 is 0 Å². The first-order valence-electron chi connectivity index (χ1n) is 2.16. The lowest BCUT2D eigenvalue weighted by Crippen LogP contribution is -2.11. The Morgan fingerprint density at radius 1 is 1.89 bits per heavy atom. The summed E-state index contributed by atoms with van der Waals surface area (Å²) < 4.78 is 17.4. The first kappa shape index (κ1) is 6.24. The molecule has 0 fully saturated rings. The quantitative estimate of drug-likeness (QED) is 0.506. The fraction of sp³-hybridized carbons (Fsp3) is 0. The number of nitrogens with one attached hydrogen (secondary N) is 2. The van der Waals surface area contributed by atoms with Crippen LogP contribution in [0.5, 0.6) is 0 Å². The first-order valence-corrected chi connectivity index (χ1v) is 3.79. The zero-order valence-electron chi connectivity index (χ0n) is 4.50. The van der Waals surface area contributed by atoms with Crippen molar-refractivity contribution in [2.45, 2.75) is 5.16 Å². The molecule has 0 amide bonds.